The summed E-state index contributed by atoms with van der Waals surface area (Å²) in [7, 11) is 0. The Bertz CT molecular complexity index is 392. The van der Waals surface area contributed by atoms with Crippen molar-refractivity contribution in [3.63, 3.8) is 0 Å². The number of allylic oxidation sites excluding steroid dienone is 1. The molecule has 0 aliphatic rings. The monoisotopic (exact) mass is 228 g/mol. The van der Waals surface area contributed by atoms with E-state index in [1.165, 1.54) is 0 Å². The normalized spacial score (nSPS) is 11.2. The second-order valence-corrected chi connectivity index (χ2v) is 4.07. The standard InChI is InChI=1S/C16H20O/c1-4-6-14(3)7-8-15-9-11-16(12-10-15)17-13-5-2/h4,9-12,14H,1,5-6,13H2,2-3H3. The summed E-state index contributed by atoms with van der Waals surface area (Å²) in [6.45, 7) is 8.68. The van der Waals surface area contributed by atoms with Gasteiger partial charge in [0.25, 0.3) is 0 Å². The van der Waals surface area contributed by atoms with E-state index in [1.807, 2.05) is 30.3 Å². The lowest BCUT2D eigenvalue weighted by Gasteiger charge is -2.03. The Labute approximate surface area is 105 Å². The topological polar surface area (TPSA) is 9.23 Å². The van der Waals surface area contributed by atoms with Gasteiger partial charge in [0.2, 0.25) is 0 Å². The largest absolute Gasteiger partial charge is 0.494 e. The van der Waals surface area contributed by atoms with Gasteiger partial charge in [-0.15, -0.1) is 6.58 Å². The van der Waals surface area contributed by atoms with Gasteiger partial charge in [-0.2, -0.15) is 0 Å². The number of hydrogen-bond acceptors (Lipinski definition) is 1. The van der Waals surface area contributed by atoms with E-state index in [0.717, 1.165) is 30.8 Å². The number of benzene rings is 1. The van der Waals surface area contributed by atoms with E-state index in [4.69, 9.17) is 4.74 Å². The molecule has 0 aliphatic carbocycles. The van der Waals surface area contributed by atoms with Crippen molar-refractivity contribution in [2.45, 2.75) is 26.7 Å². The fourth-order valence-corrected chi connectivity index (χ4v) is 1.37. The van der Waals surface area contributed by atoms with Crippen LogP contribution in [0.2, 0.25) is 0 Å². The Hall–Kier alpha value is -1.68. The molecule has 0 fully saturated rings. The van der Waals surface area contributed by atoms with Gasteiger partial charge in [-0.25, -0.2) is 0 Å². The van der Waals surface area contributed by atoms with Crippen LogP contribution in [0.1, 0.15) is 32.3 Å². The molecule has 0 N–H and O–H groups in total. The van der Waals surface area contributed by atoms with Crippen LogP contribution >= 0.6 is 0 Å². The summed E-state index contributed by atoms with van der Waals surface area (Å²) >= 11 is 0. The molecule has 0 saturated heterocycles. The minimum absolute atomic E-state index is 0.364. The summed E-state index contributed by atoms with van der Waals surface area (Å²) in [4.78, 5) is 0. The third-order valence-corrected chi connectivity index (χ3v) is 2.31. The van der Waals surface area contributed by atoms with Crippen LogP contribution < -0.4 is 4.74 Å². The van der Waals surface area contributed by atoms with Crippen LogP contribution in [0.4, 0.5) is 0 Å². The van der Waals surface area contributed by atoms with E-state index in [9.17, 15) is 0 Å². The van der Waals surface area contributed by atoms with Gasteiger partial charge in [0.05, 0.1) is 6.61 Å². The molecule has 90 valence electrons. The minimum atomic E-state index is 0.364. The fraction of sp³-hybridized carbons (Fsp3) is 0.375. The summed E-state index contributed by atoms with van der Waals surface area (Å²) in [5, 5.41) is 0. The Morgan fingerprint density at radius 1 is 1.35 bits per heavy atom. The van der Waals surface area contributed by atoms with Crippen molar-refractivity contribution in [3.05, 3.63) is 42.5 Å². The highest BCUT2D eigenvalue weighted by Crippen LogP contribution is 2.12. The van der Waals surface area contributed by atoms with Crippen LogP contribution in [-0.2, 0) is 0 Å². The van der Waals surface area contributed by atoms with Gasteiger partial charge < -0.3 is 4.74 Å². The molecule has 0 amide bonds. The van der Waals surface area contributed by atoms with Crippen molar-refractivity contribution in [1.82, 2.24) is 0 Å². The number of ether oxygens (including phenoxy) is 1. The first-order valence-corrected chi connectivity index (χ1v) is 6.11. The van der Waals surface area contributed by atoms with Crippen LogP contribution in [0.5, 0.6) is 5.75 Å². The molecule has 1 unspecified atom stereocenters. The van der Waals surface area contributed by atoms with E-state index in [1.54, 1.807) is 0 Å². The van der Waals surface area contributed by atoms with Crippen molar-refractivity contribution in [1.29, 1.82) is 0 Å². The summed E-state index contributed by atoms with van der Waals surface area (Å²) in [5.41, 5.74) is 1.03. The molecule has 1 aromatic carbocycles. The lowest BCUT2D eigenvalue weighted by atomic mass is 10.1. The maximum Gasteiger partial charge on any atom is 0.119 e. The van der Waals surface area contributed by atoms with Crippen molar-refractivity contribution >= 4 is 0 Å². The summed E-state index contributed by atoms with van der Waals surface area (Å²) < 4.78 is 5.51. The average molecular weight is 228 g/mol. The minimum Gasteiger partial charge on any atom is -0.494 e. The summed E-state index contributed by atoms with van der Waals surface area (Å²) in [6, 6.07) is 7.94. The van der Waals surface area contributed by atoms with Crippen LogP contribution in [-0.4, -0.2) is 6.61 Å². The van der Waals surface area contributed by atoms with Crippen molar-refractivity contribution in [2.75, 3.05) is 6.61 Å². The zero-order valence-corrected chi connectivity index (χ0v) is 10.7. The molecule has 0 radical (unpaired) electrons. The first kappa shape index (κ1) is 13.4. The maximum absolute atomic E-state index is 5.51. The maximum atomic E-state index is 5.51. The molecule has 0 bridgehead atoms. The molecular formula is C16H20O. The smallest absolute Gasteiger partial charge is 0.119 e. The van der Waals surface area contributed by atoms with E-state index in [2.05, 4.69) is 32.3 Å². The number of rotatable bonds is 5. The van der Waals surface area contributed by atoms with Crippen molar-refractivity contribution in [2.24, 2.45) is 5.92 Å². The average Bonchev–Trinajstić information content (AvgIpc) is 2.35. The van der Waals surface area contributed by atoms with Gasteiger partial charge in [0, 0.05) is 11.5 Å². The van der Waals surface area contributed by atoms with E-state index in [0.29, 0.717) is 5.92 Å². The lowest BCUT2D eigenvalue weighted by Crippen LogP contribution is -1.94. The Balaban J connectivity index is 2.58. The van der Waals surface area contributed by atoms with Gasteiger partial charge in [-0.1, -0.05) is 31.8 Å². The third kappa shape index (κ3) is 5.26. The highest BCUT2D eigenvalue weighted by molar-refractivity contribution is 5.38. The van der Waals surface area contributed by atoms with Crippen LogP contribution in [0.25, 0.3) is 0 Å². The van der Waals surface area contributed by atoms with Gasteiger partial charge >= 0.3 is 0 Å². The lowest BCUT2D eigenvalue weighted by molar-refractivity contribution is 0.317. The first-order chi connectivity index (χ1) is 8.26. The third-order valence-electron chi connectivity index (χ3n) is 2.31. The van der Waals surface area contributed by atoms with E-state index >= 15 is 0 Å². The predicted molar refractivity (Wildman–Crippen MR) is 73.1 cm³/mol. The molecule has 17 heavy (non-hydrogen) atoms. The Morgan fingerprint density at radius 2 is 2.06 bits per heavy atom. The van der Waals surface area contributed by atoms with E-state index in [-0.39, 0.29) is 0 Å². The SMILES string of the molecule is C=CCC(C)C#Cc1ccc(OCCC)cc1. The van der Waals surface area contributed by atoms with Crippen molar-refractivity contribution < 1.29 is 4.74 Å². The fourth-order valence-electron chi connectivity index (χ4n) is 1.37. The molecular weight excluding hydrogens is 208 g/mol. The zero-order chi connectivity index (χ0) is 12.5. The predicted octanol–water partition coefficient (Wildman–Crippen LogP) is 4.04. The molecule has 0 spiro atoms. The molecule has 1 nitrogen and oxygen atoms in total. The Kier molecular flexibility index (Phi) is 5.96. The second kappa shape index (κ2) is 7.57. The molecule has 1 heteroatoms. The van der Waals surface area contributed by atoms with Gasteiger partial charge in [-0.05, 0) is 37.1 Å². The zero-order valence-electron chi connectivity index (χ0n) is 10.7. The molecule has 0 heterocycles. The quantitative estimate of drug-likeness (QED) is 0.546. The van der Waals surface area contributed by atoms with Crippen molar-refractivity contribution in [3.8, 4) is 17.6 Å². The highest BCUT2D eigenvalue weighted by atomic mass is 16.5. The van der Waals surface area contributed by atoms with Crippen LogP contribution in [0, 0.1) is 17.8 Å². The molecule has 0 aromatic heterocycles. The highest BCUT2D eigenvalue weighted by Gasteiger charge is 1.94. The van der Waals surface area contributed by atoms with Gasteiger partial charge in [0.15, 0.2) is 0 Å². The van der Waals surface area contributed by atoms with Gasteiger partial charge in [-0.3, -0.25) is 0 Å². The molecule has 0 saturated carbocycles. The van der Waals surface area contributed by atoms with Crippen LogP contribution in [0.15, 0.2) is 36.9 Å². The van der Waals surface area contributed by atoms with Gasteiger partial charge in [0.1, 0.15) is 5.75 Å². The Morgan fingerprint density at radius 3 is 2.65 bits per heavy atom. The molecule has 1 atom stereocenters. The second-order valence-electron chi connectivity index (χ2n) is 4.07. The van der Waals surface area contributed by atoms with Crippen LogP contribution in [0.3, 0.4) is 0 Å². The first-order valence-electron chi connectivity index (χ1n) is 6.11. The summed E-state index contributed by atoms with van der Waals surface area (Å²) in [6.07, 6.45) is 3.87. The number of hydrogen-bond donors (Lipinski definition) is 0. The molecule has 0 aliphatic heterocycles. The summed E-state index contributed by atoms with van der Waals surface area (Å²) in [5.74, 6) is 7.64. The molecule has 1 aromatic rings. The molecule has 1 rings (SSSR count). The van der Waals surface area contributed by atoms with E-state index < -0.39 is 0 Å².